The van der Waals surface area contributed by atoms with Crippen molar-refractivity contribution in [2.24, 2.45) is 0 Å². The molecule has 0 radical (unpaired) electrons. The number of aromatic nitrogens is 2. The molecule has 2 heterocycles. The minimum absolute atomic E-state index is 0.158. The third-order valence-corrected chi connectivity index (χ3v) is 3.96. The summed E-state index contributed by atoms with van der Waals surface area (Å²) in [5.41, 5.74) is 0.855. The van der Waals surface area contributed by atoms with Crippen molar-refractivity contribution in [1.29, 1.82) is 0 Å². The molecule has 1 aliphatic heterocycles. The fourth-order valence-corrected chi connectivity index (χ4v) is 2.80. The molecule has 1 aliphatic rings. The summed E-state index contributed by atoms with van der Waals surface area (Å²) in [7, 11) is 0. The SMILES string of the molecule is CCOC(=O)CNC(=O)N1CCCC1c1nc(-c2ccccc2)no1. The average Bonchev–Trinajstić information content (AvgIpc) is 3.29. The summed E-state index contributed by atoms with van der Waals surface area (Å²) in [6.07, 6.45) is 1.57. The van der Waals surface area contributed by atoms with Crippen LogP contribution in [0.1, 0.15) is 31.7 Å². The maximum atomic E-state index is 12.3. The molecule has 1 saturated heterocycles. The second kappa shape index (κ2) is 7.78. The molecule has 8 heteroatoms. The number of hydrogen-bond donors (Lipinski definition) is 1. The maximum Gasteiger partial charge on any atom is 0.325 e. The van der Waals surface area contributed by atoms with Gasteiger partial charge in [-0.1, -0.05) is 35.5 Å². The number of benzene rings is 1. The van der Waals surface area contributed by atoms with E-state index in [1.54, 1.807) is 11.8 Å². The summed E-state index contributed by atoms with van der Waals surface area (Å²) in [6.45, 7) is 2.42. The third-order valence-electron chi connectivity index (χ3n) is 3.96. The predicted octanol–water partition coefficient (Wildman–Crippen LogP) is 2.15. The van der Waals surface area contributed by atoms with Crippen LogP contribution in [0.15, 0.2) is 34.9 Å². The Morgan fingerprint density at radius 1 is 1.36 bits per heavy atom. The van der Waals surface area contributed by atoms with Gasteiger partial charge in [-0.3, -0.25) is 4.79 Å². The van der Waals surface area contributed by atoms with Crippen LogP contribution in [0.4, 0.5) is 4.79 Å². The number of nitrogens with one attached hydrogen (secondary N) is 1. The number of amides is 2. The molecule has 1 unspecified atom stereocenters. The van der Waals surface area contributed by atoms with Gasteiger partial charge in [0.15, 0.2) is 0 Å². The fourth-order valence-electron chi connectivity index (χ4n) is 2.80. The van der Waals surface area contributed by atoms with Crippen LogP contribution in [0.5, 0.6) is 0 Å². The maximum absolute atomic E-state index is 12.3. The molecule has 1 N–H and O–H groups in total. The third kappa shape index (κ3) is 3.96. The van der Waals surface area contributed by atoms with E-state index in [4.69, 9.17) is 9.26 Å². The van der Waals surface area contributed by atoms with Gasteiger partial charge in [-0.2, -0.15) is 4.98 Å². The lowest BCUT2D eigenvalue weighted by atomic mass is 10.2. The van der Waals surface area contributed by atoms with Crippen molar-refractivity contribution in [3.8, 4) is 11.4 Å². The summed E-state index contributed by atoms with van der Waals surface area (Å²) in [6, 6.07) is 8.88. The number of rotatable bonds is 5. The minimum atomic E-state index is -0.462. The van der Waals surface area contributed by atoms with E-state index in [0.717, 1.165) is 18.4 Å². The van der Waals surface area contributed by atoms with Crippen LogP contribution in [0, 0.1) is 0 Å². The Kier molecular flexibility index (Phi) is 5.27. The van der Waals surface area contributed by atoms with Gasteiger partial charge in [0, 0.05) is 12.1 Å². The number of carbonyl (C=O) groups is 2. The fraction of sp³-hybridized carbons (Fsp3) is 0.412. The molecule has 8 nitrogen and oxygen atoms in total. The Bertz CT molecular complexity index is 731. The van der Waals surface area contributed by atoms with Crippen LogP contribution >= 0.6 is 0 Å². The van der Waals surface area contributed by atoms with E-state index in [0.29, 0.717) is 18.3 Å². The quantitative estimate of drug-likeness (QED) is 0.835. The highest BCUT2D eigenvalue weighted by atomic mass is 16.5. The van der Waals surface area contributed by atoms with Crippen LogP contribution in [0.2, 0.25) is 0 Å². The molecule has 1 aromatic carbocycles. The number of urea groups is 1. The highest BCUT2D eigenvalue weighted by molar-refractivity contribution is 5.81. The van der Waals surface area contributed by atoms with Crippen LogP contribution in [-0.4, -0.2) is 46.7 Å². The van der Waals surface area contributed by atoms with Crippen molar-refractivity contribution < 1.29 is 18.8 Å². The van der Waals surface area contributed by atoms with Crippen molar-refractivity contribution in [3.05, 3.63) is 36.2 Å². The Balaban J connectivity index is 1.66. The Hall–Kier alpha value is -2.90. The van der Waals surface area contributed by atoms with Crippen LogP contribution in [0.3, 0.4) is 0 Å². The van der Waals surface area contributed by atoms with Crippen molar-refractivity contribution >= 4 is 12.0 Å². The zero-order chi connectivity index (χ0) is 17.6. The molecule has 0 bridgehead atoms. The standard InChI is InChI=1S/C17H20N4O4/c1-2-24-14(22)11-18-17(23)21-10-6-9-13(21)16-19-15(20-25-16)12-7-4-3-5-8-12/h3-5,7-8,13H,2,6,9-11H2,1H3,(H,18,23). The highest BCUT2D eigenvalue weighted by Gasteiger charge is 2.34. The second-order valence-electron chi connectivity index (χ2n) is 5.64. The molecule has 3 rings (SSSR count). The molecule has 1 fully saturated rings. The highest BCUT2D eigenvalue weighted by Crippen LogP contribution is 2.31. The van der Waals surface area contributed by atoms with Crippen molar-refractivity contribution in [2.75, 3.05) is 19.7 Å². The van der Waals surface area contributed by atoms with E-state index in [1.807, 2.05) is 30.3 Å². The first-order valence-corrected chi connectivity index (χ1v) is 8.28. The number of esters is 1. The van der Waals surface area contributed by atoms with Gasteiger partial charge in [0.25, 0.3) is 0 Å². The van der Waals surface area contributed by atoms with Gasteiger partial charge in [-0.25, -0.2) is 4.79 Å². The zero-order valence-corrected chi connectivity index (χ0v) is 14.0. The Labute approximate surface area is 145 Å². The number of carbonyl (C=O) groups excluding carboxylic acids is 2. The predicted molar refractivity (Wildman–Crippen MR) is 88.4 cm³/mol. The number of ether oxygens (including phenoxy) is 1. The first-order chi connectivity index (χ1) is 12.2. The summed E-state index contributed by atoms with van der Waals surface area (Å²) < 4.78 is 10.2. The Morgan fingerprint density at radius 3 is 2.92 bits per heavy atom. The molecular weight excluding hydrogens is 324 g/mol. The van der Waals surface area contributed by atoms with Crippen LogP contribution in [0.25, 0.3) is 11.4 Å². The molecule has 25 heavy (non-hydrogen) atoms. The topological polar surface area (TPSA) is 97.6 Å². The van der Waals surface area contributed by atoms with E-state index in [2.05, 4.69) is 15.5 Å². The van der Waals surface area contributed by atoms with E-state index in [1.165, 1.54) is 0 Å². The van der Waals surface area contributed by atoms with E-state index >= 15 is 0 Å². The molecule has 0 aliphatic carbocycles. The smallest absolute Gasteiger partial charge is 0.325 e. The first-order valence-electron chi connectivity index (χ1n) is 8.28. The van der Waals surface area contributed by atoms with Crippen molar-refractivity contribution in [2.45, 2.75) is 25.8 Å². The monoisotopic (exact) mass is 344 g/mol. The normalized spacial score (nSPS) is 16.7. The van der Waals surface area contributed by atoms with E-state index < -0.39 is 5.97 Å². The van der Waals surface area contributed by atoms with Gasteiger partial charge in [0.1, 0.15) is 12.6 Å². The lowest BCUT2D eigenvalue weighted by Crippen LogP contribution is -2.42. The van der Waals surface area contributed by atoms with Gasteiger partial charge in [-0.05, 0) is 19.8 Å². The van der Waals surface area contributed by atoms with Gasteiger partial charge in [0.2, 0.25) is 11.7 Å². The van der Waals surface area contributed by atoms with Gasteiger partial charge >= 0.3 is 12.0 Å². The summed E-state index contributed by atoms with van der Waals surface area (Å²) in [5.74, 6) is 0.438. The molecule has 0 spiro atoms. The lowest BCUT2D eigenvalue weighted by Gasteiger charge is -2.21. The molecule has 2 amide bonds. The number of hydrogen-bond acceptors (Lipinski definition) is 6. The first kappa shape index (κ1) is 16.9. The molecule has 2 aromatic rings. The molecule has 132 valence electrons. The van der Waals surface area contributed by atoms with Gasteiger partial charge in [-0.15, -0.1) is 0 Å². The van der Waals surface area contributed by atoms with Crippen LogP contribution < -0.4 is 5.32 Å². The second-order valence-corrected chi connectivity index (χ2v) is 5.64. The molecule has 0 saturated carbocycles. The number of likely N-dealkylation sites (tertiary alicyclic amines) is 1. The van der Waals surface area contributed by atoms with Gasteiger partial charge in [0.05, 0.1) is 6.61 Å². The van der Waals surface area contributed by atoms with Gasteiger partial charge < -0.3 is 19.5 Å². The summed E-state index contributed by atoms with van der Waals surface area (Å²) in [5, 5.41) is 6.57. The largest absolute Gasteiger partial charge is 0.465 e. The Morgan fingerprint density at radius 2 is 2.16 bits per heavy atom. The summed E-state index contributed by atoms with van der Waals surface area (Å²) in [4.78, 5) is 29.8. The molecule has 1 aromatic heterocycles. The minimum Gasteiger partial charge on any atom is -0.465 e. The lowest BCUT2D eigenvalue weighted by molar-refractivity contribution is -0.141. The van der Waals surface area contributed by atoms with Crippen LogP contribution in [-0.2, 0) is 9.53 Å². The average molecular weight is 344 g/mol. The zero-order valence-electron chi connectivity index (χ0n) is 14.0. The van der Waals surface area contributed by atoms with Crippen molar-refractivity contribution in [1.82, 2.24) is 20.4 Å². The number of nitrogens with zero attached hydrogens (tertiary/aromatic N) is 3. The molecule has 1 atom stereocenters. The van der Waals surface area contributed by atoms with Crippen molar-refractivity contribution in [3.63, 3.8) is 0 Å². The summed E-state index contributed by atoms with van der Waals surface area (Å²) >= 11 is 0. The van der Waals surface area contributed by atoms with E-state index in [9.17, 15) is 9.59 Å². The van der Waals surface area contributed by atoms with E-state index in [-0.39, 0.29) is 25.2 Å². The molecular formula is C17H20N4O4.